The van der Waals surface area contributed by atoms with Crippen LogP contribution in [-0.2, 0) is 0 Å². The Morgan fingerprint density at radius 3 is 2.85 bits per heavy atom. The minimum atomic E-state index is 0.566. The summed E-state index contributed by atoms with van der Waals surface area (Å²) in [4.78, 5) is 8.39. The fourth-order valence-electron chi connectivity index (χ4n) is 1.64. The molecular formula is C14H12N4OS. The second-order valence-corrected chi connectivity index (χ2v) is 4.82. The lowest BCUT2D eigenvalue weighted by molar-refractivity contribution is 0.463. The number of aryl methyl sites for hydroxylation is 1. The van der Waals surface area contributed by atoms with Gasteiger partial charge in [-0.3, -0.25) is 0 Å². The summed E-state index contributed by atoms with van der Waals surface area (Å²) >= 11 is 1.33. The molecule has 3 rings (SSSR count). The van der Waals surface area contributed by atoms with Crippen molar-refractivity contribution in [3.63, 3.8) is 0 Å². The molecule has 2 heterocycles. The maximum absolute atomic E-state index is 5.68. The number of hydrogen-bond donors (Lipinski definition) is 1. The molecule has 0 aliphatic carbocycles. The van der Waals surface area contributed by atoms with Gasteiger partial charge >= 0.3 is 0 Å². The molecule has 0 radical (unpaired) electrons. The lowest BCUT2D eigenvalue weighted by Gasteiger charge is -2.07. The summed E-state index contributed by atoms with van der Waals surface area (Å²) in [5.74, 6) is 2.05. The van der Waals surface area contributed by atoms with E-state index in [4.69, 9.17) is 4.74 Å². The third-order valence-electron chi connectivity index (χ3n) is 2.47. The fraction of sp³-hybridized carbons (Fsp3) is 0.0714. The average molecular weight is 284 g/mol. The number of benzene rings is 1. The first-order valence-corrected chi connectivity index (χ1v) is 6.83. The van der Waals surface area contributed by atoms with Crippen molar-refractivity contribution < 1.29 is 4.74 Å². The number of nitrogens with one attached hydrogen (secondary N) is 1. The number of rotatable bonds is 4. The summed E-state index contributed by atoms with van der Waals surface area (Å²) in [6.07, 6.45) is 1.70. The summed E-state index contributed by atoms with van der Waals surface area (Å²) in [5, 5.41) is 3.96. The molecule has 6 heteroatoms. The second kappa shape index (κ2) is 5.66. The zero-order chi connectivity index (χ0) is 13.8. The molecule has 0 unspecified atom stereocenters. The molecule has 0 atom stereocenters. The molecule has 0 spiro atoms. The molecule has 0 aliphatic rings. The Morgan fingerprint density at radius 2 is 2.10 bits per heavy atom. The Kier molecular flexibility index (Phi) is 3.56. The molecule has 0 aliphatic heterocycles. The molecule has 3 aromatic rings. The Labute approximate surface area is 120 Å². The van der Waals surface area contributed by atoms with Crippen molar-refractivity contribution in [2.45, 2.75) is 6.92 Å². The van der Waals surface area contributed by atoms with Crippen LogP contribution in [0.1, 0.15) is 5.82 Å². The number of hydrogen-bond acceptors (Lipinski definition) is 6. The number of pyridine rings is 1. The first-order chi connectivity index (χ1) is 9.79. The van der Waals surface area contributed by atoms with E-state index in [1.165, 1.54) is 11.5 Å². The van der Waals surface area contributed by atoms with Gasteiger partial charge in [0.15, 0.2) is 0 Å². The highest BCUT2D eigenvalue weighted by Gasteiger charge is 2.03. The SMILES string of the molecule is Cc1nsc(Nc2cccc(Oc3ccccn3)c2)n1. The van der Waals surface area contributed by atoms with Gasteiger partial charge in [0.05, 0.1) is 0 Å². The van der Waals surface area contributed by atoms with Crippen LogP contribution in [0.15, 0.2) is 48.7 Å². The molecule has 0 bridgehead atoms. The predicted molar refractivity (Wildman–Crippen MR) is 78.7 cm³/mol. The molecule has 0 amide bonds. The maximum Gasteiger partial charge on any atom is 0.219 e. The predicted octanol–water partition coefficient (Wildman–Crippen LogP) is 3.78. The largest absolute Gasteiger partial charge is 0.439 e. The van der Waals surface area contributed by atoms with Crippen LogP contribution >= 0.6 is 11.5 Å². The lowest BCUT2D eigenvalue weighted by Crippen LogP contribution is -1.91. The third kappa shape index (κ3) is 3.10. The van der Waals surface area contributed by atoms with Crippen LogP contribution in [0.5, 0.6) is 11.6 Å². The van der Waals surface area contributed by atoms with Crippen LogP contribution in [0.4, 0.5) is 10.8 Å². The Morgan fingerprint density at radius 1 is 1.15 bits per heavy atom. The van der Waals surface area contributed by atoms with E-state index in [1.807, 2.05) is 49.4 Å². The summed E-state index contributed by atoms with van der Waals surface area (Å²) in [6.45, 7) is 1.86. The third-order valence-corrected chi connectivity index (χ3v) is 3.19. The number of anilines is 2. The summed E-state index contributed by atoms with van der Waals surface area (Å²) in [7, 11) is 0. The van der Waals surface area contributed by atoms with Gasteiger partial charge in [-0.2, -0.15) is 4.37 Å². The maximum atomic E-state index is 5.68. The van der Waals surface area contributed by atoms with Crippen molar-refractivity contribution >= 4 is 22.4 Å². The van der Waals surface area contributed by atoms with Gasteiger partial charge in [0.2, 0.25) is 11.0 Å². The van der Waals surface area contributed by atoms with Gasteiger partial charge in [0.1, 0.15) is 11.6 Å². The van der Waals surface area contributed by atoms with Crippen molar-refractivity contribution in [1.29, 1.82) is 0 Å². The van der Waals surface area contributed by atoms with E-state index >= 15 is 0 Å². The van der Waals surface area contributed by atoms with Crippen molar-refractivity contribution in [3.05, 3.63) is 54.5 Å². The highest BCUT2D eigenvalue weighted by Crippen LogP contribution is 2.25. The number of ether oxygens (including phenoxy) is 1. The van der Waals surface area contributed by atoms with E-state index in [1.54, 1.807) is 6.20 Å². The van der Waals surface area contributed by atoms with Gasteiger partial charge in [-0.25, -0.2) is 9.97 Å². The Hall–Kier alpha value is -2.47. The number of aromatic nitrogens is 3. The molecule has 5 nitrogen and oxygen atoms in total. The minimum absolute atomic E-state index is 0.566. The van der Waals surface area contributed by atoms with E-state index in [-0.39, 0.29) is 0 Å². The molecule has 1 aromatic carbocycles. The van der Waals surface area contributed by atoms with Crippen molar-refractivity contribution in [2.75, 3.05) is 5.32 Å². The van der Waals surface area contributed by atoms with Gasteiger partial charge in [-0.1, -0.05) is 12.1 Å². The highest BCUT2D eigenvalue weighted by molar-refractivity contribution is 7.09. The summed E-state index contributed by atoms with van der Waals surface area (Å²) < 4.78 is 9.81. The minimum Gasteiger partial charge on any atom is -0.439 e. The average Bonchev–Trinajstić information content (AvgIpc) is 2.86. The summed E-state index contributed by atoms with van der Waals surface area (Å²) in [5.41, 5.74) is 0.898. The standard InChI is InChI=1S/C14H12N4OS/c1-10-16-14(20-18-10)17-11-5-4-6-12(9-11)19-13-7-2-3-8-15-13/h2-9H,1H3,(H,16,17,18). The first-order valence-electron chi connectivity index (χ1n) is 6.06. The van der Waals surface area contributed by atoms with Crippen LogP contribution in [0, 0.1) is 6.92 Å². The normalized spacial score (nSPS) is 10.2. The van der Waals surface area contributed by atoms with E-state index in [0.717, 1.165) is 22.4 Å². The van der Waals surface area contributed by atoms with Crippen LogP contribution < -0.4 is 10.1 Å². The fourth-order valence-corrected chi connectivity index (χ4v) is 2.23. The summed E-state index contributed by atoms with van der Waals surface area (Å²) in [6, 6.07) is 13.2. The van der Waals surface area contributed by atoms with Gasteiger partial charge in [-0.05, 0) is 25.1 Å². The smallest absolute Gasteiger partial charge is 0.219 e. The quantitative estimate of drug-likeness (QED) is 0.790. The van der Waals surface area contributed by atoms with Crippen LogP contribution in [0.3, 0.4) is 0 Å². The molecule has 0 saturated carbocycles. The van der Waals surface area contributed by atoms with Crippen LogP contribution in [0.25, 0.3) is 0 Å². The molecule has 20 heavy (non-hydrogen) atoms. The topological polar surface area (TPSA) is 59.9 Å². The van der Waals surface area contributed by atoms with E-state index < -0.39 is 0 Å². The van der Waals surface area contributed by atoms with Gasteiger partial charge in [-0.15, -0.1) is 0 Å². The molecule has 1 N–H and O–H groups in total. The van der Waals surface area contributed by atoms with E-state index in [2.05, 4.69) is 19.7 Å². The monoisotopic (exact) mass is 284 g/mol. The van der Waals surface area contributed by atoms with E-state index in [9.17, 15) is 0 Å². The molecule has 0 fully saturated rings. The Balaban J connectivity index is 1.76. The van der Waals surface area contributed by atoms with Gasteiger partial charge in [0.25, 0.3) is 0 Å². The second-order valence-electron chi connectivity index (χ2n) is 4.07. The van der Waals surface area contributed by atoms with Crippen molar-refractivity contribution in [2.24, 2.45) is 0 Å². The van der Waals surface area contributed by atoms with Crippen LogP contribution in [-0.4, -0.2) is 14.3 Å². The molecule has 2 aromatic heterocycles. The van der Waals surface area contributed by atoms with Gasteiger partial charge < -0.3 is 10.1 Å². The molecule has 0 saturated heterocycles. The lowest BCUT2D eigenvalue weighted by atomic mass is 10.3. The molecular weight excluding hydrogens is 272 g/mol. The van der Waals surface area contributed by atoms with Crippen molar-refractivity contribution in [1.82, 2.24) is 14.3 Å². The van der Waals surface area contributed by atoms with Crippen LogP contribution in [0.2, 0.25) is 0 Å². The van der Waals surface area contributed by atoms with Gasteiger partial charge in [0, 0.05) is 35.5 Å². The highest BCUT2D eigenvalue weighted by atomic mass is 32.1. The van der Waals surface area contributed by atoms with Crippen molar-refractivity contribution in [3.8, 4) is 11.6 Å². The first kappa shape index (κ1) is 12.6. The zero-order valence-electron chi connectivity index (χ0n) is 10.8. The Bertz CT molecular complexity index is 699. The zero-order valence-corrected chi connectivity index (χ0v) is 11.6. The molecule has 100 valence electrons. The van der Waals surface area contributed by atoms with E-state index in [0.29, 0.717) is 5.88 Å². The number of nitrogens with zero attached hydrogens (tertiary/aromatic N) is 3.